The fourth-order valence-electron chi connectivity index (χ4n) is 3.23. The third-order valence-corrected chi connectivity index (χ3v) is 4.91. The minimum absolute atomic E-state index is 0.00479. The van der Waals surface area contributed by atoms with Gasteiger partial charge >= 0.3 is 0 Å². The maximum absolute atomic E-state index is 10.2. The number of aryl methyl sites for hydroxylation is 2. The fourth-order valence-corrected chi connectivity index (χ4v) is 3.23. The lowest BCUT2D eigenvalue weighted by Crippen LogP contribution is -2.07. The van der Waals surface area contributed by atoms with Crippen LogP contribution in [0.2, 0.25) is 0 Å². The minimum Gasteiger partial charge on any atom is -0.504 e. The predicted octanol–water partition coefficient (Wildman–Crippen LogP) is 5.14. The summed E-state index contributed by atoms with van der Waals surface area (Å²) in [6.07, 6.45) is 1.46. The normalized spacial score (nSPS) is 10.8. The molecule has 4 aromatic rings. The minimum atomic E-state index is -0.00479. The number of para-hydroxylation sites is 2. The van der Waals surface area contributed by atoms with Gasteiger partial charge in [-0.15, -0.1) is 0 Å². The molecule has 34 heavy (non-hydrogen) atoms. The number of hydrazone groups is 1. The summed E-state index contributed by atoms with van der Waals surface area (Å²) in [6.45, 7) is 4.06. The van der Waals surface area contributed by atoms with Gasteiger partial charge < -0.3 is 20.5 Å². The zero-order valence-corrected chi connectivity index (χ0v) is 19.1. The molecule has 0 radical (unpaired) electrons. The van der Waals surface area contributed by atoms with Crippen LogP contribution in [0.4, 0.5) is 29.2 Å². The molecule has 3 aromatic carbocycles. The molecule has 0 aliphatic rings. The van der Waals surface area contributed by atoms with E-state index in [1.807, 2.05) is 56.3 Å². The zero-order chi connectivity index (χ0) is 23.9. The molecule has 1 heterocycles. The van der Waals surface area contributed by atoms with Gasteiger partial charge in [-0.05, 0) is 49.7 Å². The molecule has 0 bridgehead atoms. The van der Waals surface area contributed by atoms with Crippen molar-refractivity contribution in [1.82, 2.24) is 15.0 Å². The number of aromatic nitrogens is 3. The molecule has 0 amide bonds. The fraction of sp³-hybridized carbons (Fsp3) is 0.120. The molecule has 172 valence electrons. The van der Waals surface area contributed by atoms with Crippen molar-refractivity contribution < 1.29 is 9.84 Å². The van der Waals surface area contributed by atoms with Crippen LogP contribution >= 0.6 is 0 Å². The summed E-state index contributed by atoms with van der Waals surface area (Å²) >= 11 is 0. The number of benzene rings is 3. The van der Waals surface area contributed by atoms with E-state index in [-0.39, 0.29) is 11.7 Å². The van der Waals surface area contributed by atoms with Crippen LogP contribution in [-0.2, 0) is 0 Å². The average molecular weight is 456 g/mol. The smallest absolute Gasteiger partial charge is 0.250 e. The van der Waals surface area contributed by atoms with Crippen LogP contribution in [-0.4, -0.2) is 33.4 Å². The van der Waals surface area contributed by atoms with Gasteiger partial charge in [-0.1, -0.05) is 42.0 Å². The lowest BCUT2D eigenvalue weighted by molar-refractivity contribution is 0.373. The molecule has 0 fully saturated rings. The Labute approximate surface area is 197 Å². The summed E-state index contributed by atoms with van der Waals surface area (Å²) in [5.41, 5.74) is 7.25. The van der Waals surface area contributed by atoms with Crippen molar-refractivity contribution in [3.8, 4) is 11.5 Å². The van der Waals surface area contributed by atoms with Gasteiger partial charge in [0.25, 0.3) is 0 Å². The van der Waals surface area contributed by atoms with Gasteiger partial charge in [-0.25, -0.2) is 5.43 Å². The van der Waals surface area contributed by atoms with Crippen molar-refractivity contribution >= 4 is 35.4 Å². The molecule has 0 saturated carbocycles. The number of nitrogens with zero attached hydrogens (tertiary/aromatic N) is 4. The first-order chi connectivity index (χ1) is 16.5. The SMILES string of the molecule is COc1cccc(C=NNc2nc(Nc3ccccc3)nc(Nc3ccc(C)cc3C)n2)c1O. The Morgan fingerprint density at radius 3 is 2.32 bits per heavy atom. The number of ether oxygens (including phenoxy) is 1. The Hall–Kier alpha value is -4.66. The van der Waals surface area contributed by atoms with Gasteiger partial charge in [0.2, 0.25) is 17.8 Å². The third-order valence-electron chi connectivity index (χ3n) is 4.91. The Kier molecular flexibility index (Phi) is 6.83. The maximum Gasteiger partial charge on any atom is 0.250 e. The Balaban J connectivity index is 1.61. The summed E-state index contributed by atoms with van der Waals surface area (Å²) in [5, 5.41) is 20.8. The summed E-state index contributed by atoms with van der Waals surface area (Å²) in [6, 6.07) is 20.8. The van der Waals surface area contributed by atoms with E-state index in [2.05, 4.69) is 42.2 Å². The number of rotatable bonds is 8. The van der Waals surface area contributed by atoms with E-state index < -0.39 is 0 Å². The third kappa shape index (κ3) is 5.57. The van der Waals surface area contributed by atoms with Crippen LogP contribution in [0, 0.1) is 13.8 Å². The van der Waals surface area contributed by atoms with E-state index in [0.29, 0.717) is 23.2 Å². The van der Waals surface area contributed by atoms with Crippen LogP contribution in [0.5, 0.6) is 11.5 Å². The van der Waals surface area contributed by atoms with Crippen molar-refractivity contribution in [3.05, 3.63) is 83.4 Å². The van der Waals surface area contributed by atoms with Crippen molar-refractivity contribution in [2.45, 2.75) is 13.8 Å². The number of phenols is 1. The van der Waals surface area contributed by atoms with E-state index in [4.69, 9.17) is 4.74 Å². The van der Waals surface area contributed by atoms with Crippen LogP contribution in [0.3, 0.4) is 0 Å². The van der Waals surface area contributed by atoms with Gasteiger partial charge in [0.15, 0.2) is 11.5 Å². The molecule has 9 nitrogen and oxygen atoms in total. The first-order valence-electron chi connectivity index (χ1n) is 10.6. The van der Waals surface area contributed by atoms with Gasteiger partial charge in [-0.2, -0.15) is 20.1 Å². The van der Waals surface area contributed by atoms with Crippen LogP contribution in [0.1, 0.15) is 16.7 Å². The maximum atomic E-state index is 10.2. The summed E-state index contributed by atoms with van der Waals surface area (Å²) < 4.78 is 5.13. The summed E-state index contributed by atoms with van der Waals surface area (Å²) in [7, 11) is 1.49. The highest BCUT2D eigenvalue weighted by molar-refractivity contribution is 5.85. The van der Waals surface area contributed by atoms with E-state index in [0.717, 1.165) is 16.9 Å². The highest BCUT2D eigenvalue weighted by Crippen LogP contribution is 2.28. The van der Waals surface area contributed by atoms with E-state index in [1.165, 1.54) is 18.9 Å². The zero-order valence-electron chi connectivity index (χ0n) is 19.1. The monoisotopic (exact) mass is 455 g/mol. The Morgan fingerprint density at radius 2 is 1.59 bits per heavy atom. The highest BCUT2D eigenvalue weighted by atomic mass is 16.5. The second kappa shape index (κ2) is 10.3. The Bertz CT molecular complexity index is 1310. The van der Waals surface area contributed by atoms with Gasteiger partial charge in [0, 0.05) is 16.9 Å². The molecule has 4 rings (SSSR count). The molecule has 9 heteroatoms. The molecule has 0 atom stereocenters. The molecule has 1 aromatic heterocycles. The molecule has 0 saturated heterocycles. The van der Waals surface area contributed by atoms with Crippen molar-refractivity contribution in [2.75, 3.05) is 23.2 Å². The average Bonchev–Trinajstić information content (AvgIpc) is 2.83. The van der Waals surface area contributed by atoms with Gasteiger partial charge in [0.1, 0.15) is 0 Å². The predicted molar refractivity (Wildman–Crippen MR) is 135 cm³/mol. The first kappa shape index (κ1) is 22.5. The molecule has 0 spiro atoms. The molecule has 0 aliphatic carbocycles. The van der Waals surface area contributed by atoms with E-state index in [1.54, 1.807) is 18.2 Å². The Morgan fingerprint density at radius 1 is 0.853 bits per heavy atom. The second-order valence-corrected chi connectivity index (χ2v) is 7.51. The van der Waals surface area contributed by atoms with E-state index in [9.17, 15) is 5.11 Å². The molecule has 4 N–H and O–H groups in total. The summed E-state index contributed by atoms with van der Waals surface area (Å²) in [5.74, 6) is 1.27. The highest BCUT2D eigenvalue weighted by Gasteiger charge is 2.09. The quantitative estimate of drug-likeness (QED) is 0.213. The first-order valence-corrected chi connectivity index (χ1v) is 10.6. The molecular weight excluding hydrogens is 430 g/mol. The van der Waals surface area contributed by atoms with Crippen LogP contribution < -0.4 is 20.8 Å². The number of methoxy groups -OCH3 is 1. The lowest BCUT2D eigenvalue weighted by atomic mass is 10.1. The van der Waals surface area contributed by atoms with E-state index >= 15 is 0 Å². The number of aromatic hydroxyl groups is 1. The number of phenolic OH excluding ortho intramolecular Hbond substituents is 1. The molecular formula is C25H25N7O2. The van der Waals surface area contributed by atoms with Crippen molar-refractivity contribution in [3.63, 3.8) is 0 Å². The van der Waals surface area contributed by atoms with Crippen LogP contribution in [0.15, 0.2) is 71.8 Å². The van der Waals surface area contributed by atoms with Gasteiger partial charge in [-0.3, -0.25) is 0 Å². The molecule has 0 aliphatic heterocycles. The molecule has 0 unspecified atom stereocenters. The number of anilines is 5. The van der Waals surface area contributed by atoms with Crippen molar-refractivity contribution in [1.29, 1.82) is 0 Å². The number of hydrogen-bond donors (Lipinski definition) is 4. The topological polar surface area (TPSA) is 117 Å². The lowest BCUT2D eigenvalue weighted by Gasteiger charge is -2.12. The second-order valence-electron chi connectivity index (χ2n) is 7.51. The standard InChI is InChI=1S/C25H25N7O2/c1-16-12-13-20(17(2)14-16)28-24-29-23(27-19-9-5-4-6-10-19)30-25(31-24)32-26-15-18-8-7-11-21(34-3)22(18)33/h4-15,33H,1-3H3,(H3,27,28,29,30,31,32). The van der Waals surface area contributed by atoms with Crippen molar-refractivity contribution in [2.24, 2.45) is 5.10 Å². The van der Waals surface area contributed by atoms with Gasteiger partial charge in [0.05, 0.1) is 13.3 Å². The van der Waals surface area contributed by atoms with Crippen LogP contribution in [0.25, 0.3) is 0 Å². The number of hydrogen-bond acceptors (Lipinski definition) is 9. The summed E-state index contributed by atoms with van der Waals surface area (Å²) in [4.78, 5) is 13.3. The number of nitrogens with one attached hydrogen (secondary N) is 3. The largest absolute Gasteiger partial charge is 0.504 e.